The van der Waals surface area contributed by atoms with E-state index < -0.39 is 0 Å². The van der Waals surface area contributed by atoms with Crippen LogP contribution in [0.1, 0.15) is 5.56 Å². The average molecular weight is 322 g/mol. The highest BCUT2D eigenvalue weighted by atomic mass is 16.5. The van der Waals surface area contributed by atoms with Gasteiger partial charge in [0.05, 0.1) is 39.5 Å². The Bertz CT molecular complexity index is 799. The predicted molar refractivity (Wildman–Crippen MR) is 97.3 cm³/mol. The lowest BCUT2D eigenvalue weighted by atomic mass is 10.1. The van der Waals surface area contributed by atoms with Crippen molar-refractivity contribution in [3.05, 3.63) is 66.4 Å². The van der Waals surface area contributed by atoms with Crippen molar-refractivity contribution in [2.45, 2.75) is 6.54 Å². The first-order valence-electron chi connectivity index (χ1n) is 8.05. The zero-order valence-corrected chi connectivity index (χ0v) is 14.7. The second-order valence-electron chi connectivity index (χ2n) is 6.96. The highest BCUT2D eigenvalue weighted by Crippen LogP contribution is 2.27. The summed E-state index contributed by atoms with van der Waals surface area (Å²) < 4.78 is 8.08. The molecule has 1 heterocycles. The lowest BCUT2D eigenvalue weighted by Gasteiger charge is -2.23. The number of quaternary nitrogens is 1. The van der Waals surface area contributed by atoms with E-state index in [1.807, 2.05) is 35.0 Å². The minimum absolute atomic E-state index is 0.851. The maximum atomic E-state index is 5.26. The summed E-state index contributed by atoms with van der Waals surface area (Å²) in [6, 6.07) is 18.3. The van der Waals surface area contributed by atoms with Crippen molar-refractivity contribution in [3.8, 4) is 22.7 Å². The maximum Gasteiger partial charge on any atom is 0.118 e. The Morgan fingerprint density at radius 3 is 2.21 bits per heavy atom. The van der Waals surface area contributed by atoms with Crippen molar-refractivity contribution >= 4 is 0 Å². The predicted octanol–water partition coefficient (Wildman–Crippen LogP) is 3.75. The van der Waals surface area contributed by atoms with Crippen LogP contribution in [0, 0.1) is 0 Å². The third kappa shape index (κ3) is 3.66. The van der Waals surface area contributed by atoms with Crippen LogP contribution < -0.4 is 4.74 Å². The van der Waals surface area contributed by atoms with Gasteiger partial charge in [0.15, 0.2) is 0 Å². The molecular weight excluding hydrogens is 298 g/mol. The van der Waals surface area contributed by atoms with Gasteiger partial charge in [-0.2, -0.15) is 5.10 Å². The van der Waals surface area contributed by atoms with E-state index >= 15 is 0 Å². The summed E-state index contributed by atoms with van der Waals surface area (Å²) in [5.41, 5.74) is 4.43. The molecule has 1 aromatic heterocycles. The molecule has 4 nitrogen and oxygen atoms in total. The Morgan fingerprint density at radius 1 is 0.958 bits per heavy atom. The first-order chi connectivity index (χ1) is 11.5. The second kappa shape index (κ2) is 6.49. The smallest absolute Gasteiger partial charge is 0.118 e. The Hall–Kier alpha value is -2.59. The Kier molecular flexibility index (Phi) is 4.40. The van der Waals surface area contributed by atoms with Crippen LogP contribution in [0.2, 0.25) is 0 Å². The largest absolute Gasteiger partial charge is 0.497 e. The highest BCUT2D eigenvalue weighted by molar-refractivity contribution is 5.64. The molecule has 0 saturated heterocycles. The zero-order chi connectivity index (χ0) is 17.2. The van der Waals surface area contributed by atoms with E-state index in [-0.39, 0.29) is 0 Å². The molecule has 0 amide bonds. The van der Waals surface area contributed by atoms with Gasteiger partial charge in [0, 0.05) is 11.8 Å². The molecule has 3 rings (SSSR count). The fraction of sp³-hybridized carbons (Fsp3) is 0.250. The zero-order valence-electron chi connectivity index (χ0n) is 14.7. The van der Waals surface area contributed by atoms with Crippen LogP contribution in [0.3, 0.4) is 0 Å². The monoisotopic (exact) mass is 322 g/mol. The van der Waals surface area contributed by atoms with Crippen molar-refractivity contribution in [1.82, 2.24) is 9.78 Å². The molecule has 4 heteroatoms. The van der Waals surface area contributed by atoms with E-state index in [0.29, 0.717) is 0 Å². The fourth-order valence-electron chi connectivity index (χ4n) is 2.74. The van der Waals surface area contributed by atoms with Crippen molar-refractivity contribution in [2.24, 2.45) is 0 Å². The number of ether oxygens (including phenoxy) is 1. The van der Waals surface area contributed by atoms with Crippen LogP contribution >= 0.6 is 0 Å². The van der Waals surface area contributed by atoms with Crippen LogP contribution in [-0.4, -0.2) is 42.5 Å². The maximum absolute atomic E-state index is 5.26. The molecule has 124 valence electrons. The highest BCUT2D eigenvalue weighted by Gasteiger charge is 2.18. The molecule has 0 bridgehead atoms. The van der Waals surface area contributed by atoms with Gasteiger partial charge in [-0.3, -0.25) is 0 Å². The van der Waals surface area contributed by atoms with Gasteiger partial charge >= 0.3 is 0 Å². The quantitative estimate of drug-likeness (QED) is 0.669. The molecule has 0 spiro atoms. The SMILES string of the molecule is COc1ccc(-c2nn(-c3ccccc3)cc2C[N+](C)(C)C)cc1. The molecule has 0 N–H and O–H groups in total. The van der Waals surface area contributed by atoms with Gasteiger partial charge in [-0.05, 0) is 36.4 Å². The molecule has 2 aromatic carbocycles. The summed E-state index contributed by atoms with van der Waals surface area (Å²) in [7, 11) is 8.26. The van der Waals surface area contributed by atoms with Gasteiger partial charge < -0.3 is 9.22 Å². The molecule has 0 aliphatic rings. The van der Waals surface area contributed by atoms with Crippen LogP contribution in [0.5, 0.6) is 5.75 Å². The number of benzene rings is 2. The van der Waals surface area contributed by atoms with E-state index in [1.54, 1.807) is 7.11 Å². The summed E-state index contributed by atoms with van der Waals surface area (Å²) in [5, 5.41) is 4.86. The van der Waals surface area contributed by atoms with E-state index in [4.69, 9.17) is 9.84 Å². The van der Waals surface area contributed by atoms with Crippen LogP contribution in [0.4, 0.5) is 0 Å². The number of hydrogen-bond acceptors (Lipinski definition) is 2. The first-order valence-corrected chi connectivity index (χ1v) is 8.05. The van der Waals surface area contributed by atoms with E-state index in [2.05, 4.69) is 51.6 Å². The number of para-hydroxylation sites is 1. The van der Waals surface area contributed by atoms with Gasteiger partial charge in [0.25, 0.3) is 0 Å². The molecule has 24 heavy (non-hydrogen) atoms. The molecule has 0 saturated carbocycles. The molecule has 0 fully saturated rings. The Balaban J connectivity index is 2.06. The van der Waals surface area contributed by atoms with Gasteiger partial charge in [-0.15, -0.1) is 0 Å². The third-order valence-electron chi connectivity index (χ3n) is 3.82. The van der Waals surface area contributed by atoms with Crippen LogP contribution in [0.25, 0.3) is 16.9 Å². The Labute approximate surface area is 143 Å². The van der Waals surface area contributed by atoms with Crippen molar-refractivity contribution in [1.29, 1.82) is 0 Å². The number of aromatic nitrogens is 2. The number of methoxy groups -OCH3 is 1. The first kappa shape index (κ1) is 16.3. The lowest BCUT2D eigenvalue weighted by Crippen LogP contribution is -2.33. The summed E-state index contributed by atoms with van der Waals surface area (Å²) in [4.78, 5) is 0. The van der Waals surface area contributed by atoms with Gasteiger partial charge in [0.1, 0.15) is 18.0 Å². The standard InChI is InChI=1S/C20H24N3O/c1-23(2,3)15-17-14-22(18-8-6-5-7-9-18)21-20(17)16-10-12-19(24-4)13-11-16/h5-14H,15H2,1-4H3/q+1. The average Bonchev–Trinajstić information content (AvgIpc) is 2.97. The van der Waals surface area contributed by atoms with E-state index in [1.165, 1.54) is 5.56 Å². The molecule has 0 unspecified atom stereocenters. The molecule has 0 radical (unpaired) electrons. The lowest BCUT2D eigenvalue weighted by molar-refractivity contribution is -0.883. The topological polar surface area (TPSA) is 27.1 Å². The van der Waals surface area contributed by atoms with Gasteiger partial charge in [-0.25, -0.2) is 4.68 Å². The van der Waals surface area contributed by atoms with E-state index in [0.717, 1.165) is 33.7 Å². The summed E-state index contributed by atoms with van der Waals surface area (Å²) in [6.07, 6.45) is 2.14. The summed E-state index contributed by atoms with van der Waals surface area (Å²) in [5.74, 6) is 0.856. The van der Waals surface area contributed by atoms with E-state index in [9.17, 15) is 0 Å². The van der Waals surface area contributed by atoms with Gasteiger partial charge in [-0.1, -0.05) is 18.2 Å². The number of rotatable bonds is 5. The fourth-order valence-corrected chi connectivity index (χ4v) is 2.74. The number of hydrogen-bond donors (Lipinski definition) is 0. The third-order valence-corrected chi connectivity index (χ3v) is 3.82. The van der Waals surface area contributed by atoms with Crippen molar-refractivity contribution in [3.63, 3.8) is 0 Å². The summed E-state index contributed by atoms with van der Waals surface area (Å²) in [6.45, 7) is 0.911. The van der Waals surface area contributed by atoms with Gasteiger partial charge in [0.2, 0.25) is 0 Å². The van der Waals surface area contributed by atoms with Crippen LogP contribution in [0.15, 0.2) is 60.8 Å². The van der Waals surface area contributed by atoms with Crippen molar-refractivity contribution < 1.29 is 9.22 Å². The Morgan fingerprint density at radius 2 is 1.62 bits per heavy atom. The molecule has 0 aliphatic heterocycles. The minimum Gasteiger partial charge on any atom is -0.497 e. The normalized spacial score (nSPS) is 11.5. The second-order valence-corrected chi connectivity index (χ2v) is 6.96. The molecule has 3 aromatic rings. The molecular formula is C20H24N3O+. The molecule has 0 atom stereocenters. The minimum atomic E-state index is 0.851. The number of nitrogens with zero attached hydrogens (tertiary/aromatic N) is 3. The summed E-state index contributed by atoms with van der Waals surface area (Å²) >= 11 is 0. The van der Waals surface area contributed by atoms with Crippen molar-refractivity contribution in [2.75, 3.05) is 28.3 Å². The molecule has 0 aliphatic carbocycles. The van der Waals surface area contributed by atoms with Crippen LogP contribution in [-0.2, 0) is 6.54 Å².